The van der Waals surface area contributed by atoms with Crippen molar-refractivity contribution < 1.29 is 17.7 Å². The van der Waals surface area contributed by atoms with Crippen molar-refractivity contribution >= 4 is 15.9 Å². The molecule has 1 aliphatic heterocycles. The second-order valence-electron chi connectivity index (χ2n) is 8.22. The first kappa shape index (κ1) is 23.4. The van der Waals surface area contributed by atoms with Gasteiger partial charge in [0.25, 0.3) is 0 Å². The van der Waals surface area contributed by atoms with Crippen LogP contribution in [0.3, 0.4) is 0 Å². The van der Waals surface area contributed by atoms with Crippen molar-refractivity contribution in [3.05, 3.63) is 41.5 Å². The SMILES string of the molecule is CCCc1noc(CCCC(=O)N2CCCC(CNS(=O)(=O)c3ccc(C)cc3)C2)n1. The molecule has 1 atom stereocenters. The van der Waals surface area contributed by atoms with Crippen LogP contribution in [0, 0.1) is 12.8 Å². The highest BCUT2D eigenvalue weighted by molar-refractivity contribution is 7.89. The molecule has 1 fully saturated rings. The molecule has 1 N–H and O–H groups in total. The number of piperidine rings is 1. The number of carbonyl (C=O) groups is 1. The topological polar surface area (TPSA) is 105 Å². The highest BCUT2D eigenvalue weighted by atomic mass is 32.2. The monoisotopic (exact) mass is 448 g/mol. The third-order valence-electron chi connectivity index (χ3n) is 5.53. The van der Waals surface area contributed by atoms with Crippen LogP contribution in [-0.2, 0) is 27.7 Å². The molecule has 1 aromatic heterocycles. The first-order chi connectivity index (χ1) is 14.9. The summed E-state index contributed by atoms with van der Waals surface area (Å²) in [5, 5.41) is 3.93. The molecule has 8 nitrogen and oxygen atoms in total. The average molecular weight is 449 g/mol. The fraction of sp³-hybridized carbons (Fsp3) is 0.591. The van der Waals surface area contributed by atoms with Crippen LogP contribution in [0.2, 0.25) is 0 Å². The van der Waals surface area contributed by atoms with E-state index in [1.165, 1.54) is 0 Å². The number of rotatable bonds is 10. The predicted molar refractivity (Wildman–Crippen MR) is 117 cm³/mol. The van der Waals surface area contributed by atoms with Gasteiger partial charge in [-0.05, 0) is 50.7 Å². The van der Waals surface area contributed by atoms with Crippen LogP contribution < -0.4 is 4.72 Å². The minimum Gasteiger partial charge on any atom is -0.342 e. The molecule has 1 amide bonds. The fourth-order valence-corrected chi connectivity index (χ4v) is 4.87. The van der Waals surface area contributed by atoms with Crippen LogP contribution >= 0.6 is 0 Å². The number of aromatic nitrogens is 2. The van der Waals surface area contributed by atoms with E-state index >= 15 is 0 Å². The molecule has 1 aliphatic rings. The summed E-state index contributed by atoms with van der Waals surface area (Å²) >= 11 is 0. The molecular formula is C22H32N4O4S. The smallest absolute Gasteiger partial charge is 0.240 e. The Kier molecular flexibility index (Phi) is 8.20. The normalized spacial score (nSPS) is 17.1. The number of nitrogens with zero attached hydrogens (tertiary/aromatic N) is 3. The van der Waals surface area contributed by atoms with E-state index in [0.717, 1.165) is 43.6 Å². The van der Waals surface area contributed by atoms with Gasteiger partial charge in [-0.3, -0.25) is 4.79 Å². The van der Waals surface area contributed by atoms with Gasteiger partial charge in [-0.1, -0.05) is 29.8 Å². The van der Waals surface area contributed by atoms with E-state index in [1.54, 1.807) is 24.3 Å². The quantitative estimate of drug-likeness (QED) is 0.599. The minimum absolute atomic E-state index is 0.0967. The molecule has 2 heterocycles. The van der Waals surface area contributed by atoms with Crippen molar-refractivity contribution in [2.75, 3.05) is 19.6 Å². The lowest BCUT2D eigenvalue weighted by Crippen LogP contribution is -2.43. The Labute approximate surface area is 184 Å². The Balaban J connectivity index is 1.43. The zero-order valence-electron chi connectivity index (χ0n) is 18.3. The zero-order valence-corrected chi connectivity index (χ0v) is 19.2. The maximum Gasteiger partial charge on any atom is 0.240 e. The fourth-order valence-electron chi connectivity index (χ4n) is 3.75. The first-order valence-electron chi connectivity index (χ1n) is 11.0. The van der Waals surface area contributed by atoms with Crippen molar-refractivity contribution in [3.63, 3.8) is 0 Å². The van der Waals surface area contributed by atoms with Crippen molar-refractivity contribution in [2.45, 2.75) is 63.7 Å². The van der Waals surface area contributed by atoms with E-state index in [0.29, 0.717) is 38.2 Å². The number of benzene rings is 1. The van der Waals surface area contributed by atoms with Gasteiger partial charge >= 0.3 is 0 Å². The van der Waals surface area contributed by atoms with Crippen molar-refractivity contribution in [1.29, 1.82) is 0 Å². The molecule has 0 aliphatic carbocycles. The van der Waals surface area contributed by atoms with Gasteiger partial charge in [0.2, 0.25) is 21.8 Å². The van der Waals surface area contributed by atoms with Gasteiger partial charge in [-0.2, -0.15) is 4.98 Å². The molecule has 1 saturated heterocycles. The van der Waals surface area contributed by atoms with E-state index in [9.17, 15) is 13.2 Å². The van der Waals surface area contributed by atoms with E-state index in [2.05, 4.69) is 21.8 Å². The highest BCUT2D eigenvalue weighted by Gasteiger charge is 2.25. The van der Waals surface area contributed by atoms with Gasteiger partial charge in [-0.15, -0.1) is 0 Å². The largest absolute Gasteiger partial charge is 0.342 e. The highest BCUT2D eigenvalue weighted by Crippen LogP contribution is 2.19. The number of likely N-dealkylation sites (tertiary alicyclic amines) is 1. The Morgan fingerprint density at radius 2 is 2.03 bits per heavy atom. The zero-order chi connectivity index (χ0) is 22.3. The van der Waals surface area contributed by atoms with Gasteiger partial charge in [0, 0.05) is 38.9 Å². The molecule has 3 rings (SSSR count). The number of carbonyl (C=O) groups excluding carboxylic acids is 1. The second kappa shape index (κ2) is 10.9. The molecule has 2 aromatic rings. The minimum atomic E-state index is -3.54. The van der Waals surface area contributed by atoms with Gasteiger partial charge in [0.05, 0.1) is 4.90 Å². The summed E-state index contributed by atoms with van der Waals surface area (Å²) in [6.07, 6.45) is 5.23. The summed E-state index contributed by atoms with van der Waals surface area (Å²) in [7, 11) is -3.54. The second-order valence-corrected chi connectivity index (χ2v) is 9.99. The molecule has 31 heavy (non-hydrogen) atoms. The van der Waals surface area contributed by atoms with Crippen molar-refractivity contribution in [3.8, 4) is 0 Å². The molecular weight excluding hydrogens is 416 g/mol. The molecule has 0 bridgehead atoms. The van der Waals surface area contributed by atoms with Crippen molar-refractivity contribution in [2.24, 2.45) is 5.92 Å². The molecule has 1 unspecified atom stereocenters. The standard InChI is InChI=1S/C22H32N4O4S/c1-3-6-20-24-21(30-25-20)8-4-9-22(27)26-14-5-7-18(16-26)15-23-31(28,29)19-12-10-17(2)11-13-19/h10-13,18,23H,3-9,14-16H2,1-2H3. The molecule has 0 saturated carbocycles. The number of hydrogen-bond donors (Lipinski definition) is 1. The molecule has 9 heteroatoms. The van der Waals surface area contributed by atoms with Gasteiger partial charge in [0.15, 0.2) is 5.82 Å². The molecule has 1 aromatic carbocycles. The number of amides is 1. The van der Waals surface area contributed by atoms with E-state index in [4.69, 9.17) is 4.52 Å². The summed E-state index contributed by atoms with van der Waals surface area (Å²) < 4.78 is 32.9. The number of hydrogen-bond acceptors (Lipinski definition) is 6. The van der Waals surface area contributed by atoms with Crippen LogP contribution in [0.15, 0.2) is 33.7 Å². The summed E-state index contributed by atoms with van der Waals surface area (Å²) in [5.41, 5.74) is 1.01. The van der Waals surface area contributed by atoms with E-state index < -0.39 is 10.0 Å². The lowest BCUT2D eigenvalue weighted by Gasteiger charge is -2.33. The van der Waals surface area contributed by atoms with Gasteiger partial charge < -0.3 is 9.42 Å². The van der Waals surface area contributed by atoms with Crippen LogP contribution in [0.5, 0.6) is 0 Å². The van der Waals surface area contributed by atoms with Crippen LogP contribution in [0.4, 0.5) is 0 Å². The van der Waals surface area contributed by atoms with E-state index in [-0.39, 0.29) is 16.7 Å². The first-order valence-corrected chi connectivity index (χ1v) is 12.5. The summed E-state index contributed by atoms with van der Waals surface area (Å²) in [6, 6.07) is 6.80. The predicted octanol–water partition coefficient (Wildman–Crippen LogP) is 2.87. The third kappa shape index (κ3) is 6.87. The summed E-state index contributed by atoms with van der Waals surface area (Å²) in [6.45, 7) is 5.62. The Bertz CT molecular complexity index is 956. The molecule has 0 radical (unpaired) electrons. The number of sulfonamides is 1. The van der Waals surface area contributed by atoms with E-state index in [1.807, 2.05) is 11.8 Å². The van der Waals surface area contributed by atoms with Crippen LogP contribution in [0.1, 0.15) is 56.3 Å². The molecule has 0 spiro atoms. The van der Waals surface area contributed by atoms with Crippen LogP contribution in [-0.4, -0.2) is 49.0 Å². The maximum atomic E-state index is 12.6. The Morgan fingerprint density at radius 3 is 2.77 bits per heavy atom. The average Bonchev–Trinajstić information content (AvgIpc) is 3.20. The number of aryl methyl sites for hydroxylation is 3. The van der Waals surface area contributed by atoms with Crippen molar-refractivity contribution in [1.82, 2.24) is 19.8 Å². The summed E-state index contributed by atoms with van der Waals surface area (Å²) in [5.74, 6) is 1.51. The Hall–Kier alpha value is -2.26. The van der Waals surface area contributed by atoms with Gasteiger partial charge in [-0.25, -0.2) is 13.1 Å². The maximum absolute atomic E-state index is 12.6. The molecule has 170 valence electrons. The van der Waals surface area contributed by atoms with Crippen LogP contribution in [0.25, 0.3) is 0 Å². The summed E-state index contributed by atoms with van der Waals surface area (Å²) in [4.78, 5) is 19.1. The third-order valence-corrected chi connectivity index (χ3v) is 6.97. The lowest BCUT2D eigenvalue weighted by molar-refractivity contribution is -0.133. The Morgan fingerprint density at radius 1 is 1.26 bits per heavy atom. The van der Waals surface area contributed by atoms with Gasteiger partial charge in [0.1, 0.15) is 0 Å². The number of nitrogens with one attached hydrogen (secondary N) is 1. The lowest BCUT2D eigenvalue weighted by atomic mass is 9.98.